The molecule has 0 atom stereocenters. The summed E-state index contributed by atoms with van der Waals surface area (Å²) in [5, 5.41) is 4.16. The molecular weight excluding hydrogens is 224 g/mol. The van der Waals surface area contributed by atoms with Gasteiger partial charge in [-0.1, -0.05) is 42.5 Å². The maximum Gasteiger partial charge on any atom is 0.240 e. The fourth-order valence-electron chi connectivity index (χ4n) is 1.81. The Kier molecular flexibility index (Phi) is 2.53. The van der Waals surface area contributed by atoms with Crippen LogP contribution in [0.25, 0.3) is 17.8 Å². The smallest absolute Gasteiger partial charge is 0.240 e. The average molecular weight is 236 g/mol. The molecule has 0 bridgehead atoms. The van der Waals surface area contributed by atoms with E-state index in [4.69, 9.17) is 5.73 Å². The minimum atomic E-state index is 0.288. The Bertz CT molecular complexity index is 698. The Morgan fingerprint density at radius 1 is 0.944 bits per heavy atom. The molecule has 0 aliphatic carbocycles. The Morgan fingerprint density at radius 3 is 2.61 bits per heavy atom. The van der Waals surface area contributed by atoms with Gasteiger partial charge in [-0.05, 0) is 23.8 Å². The second kappa shape index (κ2) is 4.33. The number of nitrogens with zero attached hydrogens (tertiary/aromatic N) is 3. The van der Waals surface area contributed by atoms with Crippen LogP contribution >= 0.6 is 0 Å². The number of hydrogen-bond acceptors (Lipinski definition) is 3. The Morgan fingerprint density at radius 2 is 1.78 bits per heavy atom. The van der Waals surface area contributed by atoms with Gasteiger partial charge >= 0.3 is 0 Å². The number of hydrogen-bond donors (Lipinski definition) is 1. The van der Waals surface area contributed by atoms with Crippen molar-refractivity contribution in [2.45, 2.75) is 0 Å². The van der Waals surface area contributed by atoms with Crippen LogP contribution in [0.5, 0.6) is 0 Å². The van der Waals surface area contributed by atoms with Crippen molar-refractivity contribution in [3.63, 3.8) is 0 Å². The van der Waals surface area contributed by atoms with E-state index in [1.165, 1.54) is 0 Å². The number of fused-ring (bicyclic) bond motifs is 1. The van der Waals surface area contributed by atoms with Crippen molar-refractivity contribution in [2.24, 2.45) is 0 Å². The van der Waals surface area contributed by atoms with Crippen LogP contribution in [0.4, 0.5) is 5.95 Å². The van der Waals surface area contributed by atoms with Crippen molar-refractivity contribution in [3.05, 3.63) is 59.8 Å². The van der Waals surface area contributed by atoms with E-state index in [0.29, 0.717) is 0 Å². The van der Waals surface area contributed by atoms with Crippen LogP contribution in [0.3, 0.4) is 0 Å². The predicted molar refractivity (Wildman–Crippen MR) is 72.8 cm³/mol. The number of nitrogens with two attached hydrogens (primary N) is 1. The van der Waals surface area contributed by atoms with Crippen LogP contribution < -0.4 is 5.73 Å². The van der Waals surface area contributed by atoms with Gasteiger partial charge < -0.3 is 5.73 Å². The maximum absolute atomic E-state index is 5.60. The van der Waals surface area contributed by atoms with Gasteiger partial charge in [0, 0.05) is 0 Å². The molecule has 3 aromatic rings. The minimum Gasteiger partial charge on any atom is -0.366 e. The van der Waals surface area contributed by atoms with Crippen molar-refractivity contribution >= 4 is 23.7 Å². The lowest BCUT2D eigenvalue weighted by atomic mass is 10.2. The molecule has 0 aliphatic rings. The summed E-state index contributed by atoms with van der Waals surface area (Å²) in [6, 6.07) is 15.9. The highest BCUT2D eigenvalue weighted by Gasteiger charge is 2.01. The fourth-order valence-corrected chi connectivity index (χ4v) is 1.81. The molecule has 0 unspecified atom stereocenters. The van der Waals surface area contributed by atoms with Crippen molar-refractivity contribution in [1.29, 1.82) is 0 Å². The van der Waals surface area contributed by atoms with Crippen molar-refractivity contribution < 1.29 is 0 Å². The summed E-state index contributed by atoms with van der Waals surface area (Å²) in [5.41, 5.74) is 8.44. The summed E-state index contributed by atoms with van der Waals surface area (Å²) in [6.07, 6.45) is 4.03. The molecule has 2 heterocycles. The topological polar surface area (TPSA) is 56.2 Å². The average Bonchev–Trinajstić information content (AvgIpc) is 2.78. The summed E-state index contributed by atoms with van der Waals surface area (Å²) in [7, 11) is 0. The quantitative estimate of drug-likeness (QED) is 0.743. The molecule has 0 aliphatic heterocycles. The maximum atomic E-state index is 5.60. The molecule has 4 heteroatoms. The van der Waals surface area contributed by atoms with Crippen LogP contribution in [-0.2, 0) is 0 Å². The number of aromatic nitrogens is 3. The lowest BCUT2D eigenvalue weighted by Crippen LogP contribution is -1.93. The summed E-state index contributed by atoms with van der Waals surface area (Å²) in [6.45, 7) is 0. The van der Waals surface area contributed by atoms with Gasteiger partial charge in [-0.15, -0.1) is 5.10 Å². The normalized spacial score (nSPS) is 11.3. The van der Waals surface area contributed by atoms with E-state index >= 15 is 0 Å². The molecule has 0 amide bonds. The van der Waals surface area contributed by atoms with Gasteiger partial charge in [0.1, 0.15) is 0 Å². The molecule has 0 saturated carbocycles. The molecule has 0 saturated heterocycles. The first-order valence-corrected chi connectivity index (χ1v) is 5.67. The zero-order chi connectivity index (χ0) is 12.4. The first kappa shape index (κ1) is 10.5. The summed E-state index contributed by atoms with van der Waals surface area (Å²) in [4.78, 5) is 4.12. The number of rotatable bonds is 2. The van der Waals surface area contributed by atoms with Gasteiger partial charge in [-0.3, -0.25) is 0 Å². The van der Waals surface area contributed by atoms with E-state index in [1.807, 2.05) is 60.7 Å². The van der Waals surface area contributed by atoms with Crippen molar-refractivity contribution in [1.82, 2.24) is 14.6 Å². The van der Waals surface area contributed by atoms with E-state index in [2.05, 4.69) is 10.1 Å². The summed E-state index contributed by atoms with van der Waals surface area (Å²) >= 11 is 0. The van der Waals surface area contributed by atoms with Crippen LogP contribution in [0.2, 0.25) is 0 Å². The minimum absolute atomic E-state index is 0.288. The van der Waals surface area contributed by atoms with Crippen LogP contribution in [0, 0.1) is 0 Å². The molecule has 88 valence electrons. The molecular formula is C14H12N4. The number of nitrogen functional groups attached to an aromatic ring is 1. The fraction of sp³-hybridized carbons (Fsp3) is 0. The van der Waals surface area contributed by atoms with E-state index in [0.717, 1.165) is 16.9 Å². The standard InChI is InChI=1S/C14H12N4/c15-14-16-13-8-4-7-12(18(13)17-14)10-9-11-5-2-1-3-6-11/h1-10H,(H2,15,17). The van der Waals surface area contributed by atoms with Gasteiger partial charge in [-0.2, -0.15) is 4.98 Å². The van der Waals surface area contributed by atoms with Crippen molar-refractivity contribution in [3.8, 4) is 0 Å². The largest absolute Gasteiger partial charge is 0.366 e. The molecule has 0 fully saturated rings. The highest BCUT2D eigenvalue weighted by Crippen LogP contribution is 2.10. The monoisotopic (exact) mass is 236 g/mol. The van der Waals surface area contributed by atoms with Gasteiger partial charge in [0.15, 0.2) is 5.65 Å². The first-order valence-electron chi connectivity index (χ1n) is 5.67. The van der Waals surface area contributed by atoms with Gasteiger partial charge in [0.25, 0.3) is 0 Å². The Balaban J connectivity index is 2.02. The second-order valence-electron chi connectivity index (χ2n) is 3.93. The SMILES string of the molecule is Nc1nc2cccc(C=Cc3ccccc3)n2n1. The molecule has 18 heavy (non-hydrogen) atoms. The highest BCUT2D eigenvalue weighted by atomic mass is 15.3. The Hall–Kier alpha value is -2.62. The first-order chi connectivity index (χ1) is 8.83. The number of anilines is 1. The van der Waals surface area contributed by atoms with Crippen molar-refractivity contribution in [2.75, 3.05) is 5.73 Å². The van der Waals surface area contributed by atoms with E-state index in [9.17, 15) is 0 Å². The molecule has 2 aromatic heterocycles. The number of benzene rings is 1. The summed E-state index contributed by atoms with van der Waals surface area (Å²) in [5.74, 6) is 0.288. The molecule has 2 N–H and O–H groups in total. The predicted octanol–water partition coefficient (Wildman–Crippen LogP) is 2.48. The highest BCUT2D eigenvalue weighted by molar-refractivity contribution is 5.69. The molecule has 4 nitrogen and oxygen atoms in total. The lowest BCUT2D eigenvalue weighted by Gasteiger charge is -1.97. The van der Waals surface area contributed by atoms with Crippen LogP contribution in [-0.4, -0.2) is 14.6 Å². The van der Waals surface area contributed by atoms with Crippen LogP contribution in [0.1, 0.15) is 11.3 Å². The second-order valence-corrected chi connectivity index (χ2v) is 3.93. The zero-order valence-corrected chi connectivity index (χ0v) is 9.69. The third-order valence-corrected chi connectivity index (χ3v) is 2.65. The molecule has 0 radical (unpaired) electrons. The molecule has 3 rings (SSSR count). The summed E-state index contributed by atoms with van der Waals surface area (Å²) < 4.78 is 1.73. The van der Waals surface area contributed by atoms with Crippen LogP contribution in [0.15, 0.2) is 48.5 Å². The lowest BCUT2D eigenvalue weighted by molar-refractivity contribution is 0.955. The van der Waals surface area contributed by atoms with Gasteiger partial charge in [0.2, 0.25) is 5.95 Å². The zero-order valence-electron chi connectivity index (χ0n) is 9.69. The third-order valence-electron chi connectivity index (χ3n) is 2.65. The van der Waals surface area contributed by atoms with E-state index in [1.54, 1.807) is 4.52 Å². The van der Waals surface area contributed by atoms with Gasteiger partial charge in [-0.25, -0.2) is 4.52 Å². The van der Waals surface area contributed by atoms with E-state index < -0.39 is 0 Å². The third kappa shape index (κ3) is 1.96. The molecule has 1 aromatic carbocycles. The molecule has 0 spiro atoms. The Labute approximate surface area is 104 Å². The van der Waals surface area contributed by atoms with E-state index in [-0.39, 0.29) is 5.95 Å². The number of pyridine rings is 1. The van der Waals surface area contributed by atoms with Gasteiger partial charge in [0.05, 0.1) is 5.69 Å².